The Balaban J connectivity index is 0.00000110. The van der Waals surface area contributed by atoms with Crippen molar-refractivity contribution >= 4 is 41.6 Å². The molecule has 2 aromatic rings. The van der Waals surface area contributed by atoms with Crippen molar-refractivity contribution in [2.24, 2.45) is 0 Å². The molecule has 6 heteroatoms. The molecule has 21 heavy (non-hydrogen) atoms. The van der Waals surface area contributed by atoms with Crippen molar-refractivity contribution < 1.29 is 4.79 Å². The van der Waals surface area contributed by atoms with Crippen molar-refractivity contribution in [2.75, 3.05) is 19.6 Å². The van der Waals surface area contributed by atoms with Gasteiger partial charge in [0.15, 0.2) is 0 Å². The Morgan fingerprint density at radius 1 is 1.33 bits per heavy atom. The van der Waals surface area contributed by atoms with E-state index in [1.807, 2.05) is 35.2 Å². The lowest BCUT2D eigenvalue weighted by Crippen LogP contribution is -2.51. The number of carbonyl (C=O) groups excluding carboxylic acids is 1. The number of amides is 1. The molecule has 0 saturated carbocycles. The minimum Gasteiger partial charge on any atom is -0.336 e. The van der Waals surface area contributed by atoms with Crippen LogP contribution >= 0.6 is 24.8 Å². The van der Waals surface area contributed by atoms with Crippen molar-refractivity contribution in [1.82, 2.24) is 15.2 Å². The van der Waals surface area contributed by atoms with E-state index < -0.39 is 0 Å². The molecule has 1 atom stereocenters. The maximum absolute atomic E-state index is 12.5. The van der Waals surface area contributed by atoms with Crippen LogP contribution in [-0.2, 0) is 0 Å². The van der Waals surface area contributed by atoms with E-state index in [0.29, 0.717) is 6.04 Å². The van der Waals surface area contributed by atoms with E-state index in [1.165, 1.54) is 0 Å². The van der Waals surface area contributed by atoms with Crippen LogP contribution in [0.3, 0.4) is 0 Å². The molecule has 1 fully saturated rings. The molecule has 1 aromatic heterocycles. The van der Waals surface area contributed by atoms with Crippen LogP contribution in [0.15, 0.2) is 36.5 Å². The molecule has 0 bridgehead atoms. The van der Waals surface area contributed by atoms with Crippen LogP contribution in [0.25, 0.3) is 10.9 Å². The van der Waals surface area contributed by atoms with Crippen molar-refractivity contribution in [3.05, 3.63) is 42.1 Å². The van der Waals surface area contributed by atoms with Crippen molar-refractivity contribution in [3.63, 3.8) is 0 Å². The maximum atomic E-state index is 12.5. The largest absolute Gasteiger partial charge is 0.336 e. The topological polar surface area (TPSA) is 45.2 Å². The predicted molar refractivity (Wildman–Crippen MR) is 89.6 cm³/mol. The van der Waals surface area contributed by atoms with E-state index in [4.69, 9.17) is 0 Å². The number of rotatable bonds is 1. The zero-order chi connectivity index (χ0) is 13.2. The van der Waals surface area contributed by atoms with E-state index in [0.717, 1.165) is 36.1 Å². The van der Waals surface area contributed by atoms with Crippen LogP contribution < -0.4 is 5.32 Å². The Morgan fingerprint density at radius 2 is 2.14 bits per heavy atom. The number of carbonyl (C=O) groups is 1. The summed E-state index contributed by atoms with van der Waals surface area (Å²) in [5.41, 5.74) is 1.67. The Morgan fingerprint density at radius 3 is 2.90 bits per heavy atom. The number of aromatic nitrogens is 1. The van der Waals surface area contributed by atoms with E-state index in [9.17, 15) is 4.79 Å². The molecule has 1 aliphatic rings. The number of fused-ring (bicyclic) bond motifs is 1. The smallest absolute Gasteiger partial charge is 0.253 e. The second-order valence-corrected chi connectivity index (χ2v) is 5.02. The van der Waals surface area contributed by atoms with Gasteiger partial charge in [-0.3, -0.25) is 9.78 Å². The fourth-order valence-corrected chi connectivity index (χ4v) is 2.51. The minimum atomic E-state index is 0. The number of nitrogens with one attached hydrogen (secondary N) is 1. The highest BCUT2D eigenvalue weighted by molar-refractivity contribution is 5.98. The highest BCUT2D eigenvalue weighted by Crippen LogP contribution is 2.15. The average Bonchev–Trinajstić information content (AvgIpc) is 2.46. The van der Waals surface area contributed by atoms with Crippen molar-refractivity contribution in [1.29, 1.82) is 0 Å². The number of pyridine rings is 1. The molecule has 114 valence electrons. The highest BCUT2D eigenvalue weighted by Gasteiger charge is 2.21. The highest BCUT2D eigenvalue weighted by atomic mass is 35.5. The third kappa shape index (κ3) is 3.84. The van der Waals surface area contributed by atoms with Crippen molar-refractivity contribution in [3.8, 4) is 0 Å². The summed E-state index contributed by atoms with van der Waals surface area (Å²) < 4.78 is 0. The van der Waals surface area contributed by atoms with Crippen molar-refractivity contribution in [2.45, 2.75) is 13.0 Å². The first-order valence-corrected chi connectivity index (χ1v) is 6.61. The van der Waals surface area contributed by atoms with E-state index in [-0.39, 0.29) is 30.7 Å². The normalized spacial score (nSPS) is 17.8. The monoisotopic (exact) mass is 327 g/mol. The molecule has 1 saturated heterocycles. The molecule has 1 aliphatic heterocycles. The first-order valence-electron chi connectivity index (χ1n) is 6.61. The van der Waals surface area contributed by atoms with Gasteiger partial charge in [0, 0.05) is 42.8 Å². The van der Waals surface area contributed by atoms with Gasteiger partial charge in [0.2, 0.25) is 0 Å². The third-order valence-corrected chi connectivity index (χ3v) is 3.51. The zero-order valence-electron chi connectivity index (χ0n) is 11.8. The number of hydrogen-bond donors (Lipinski definition) is 1. The fraction of sp³-hybridized carbons (Fsp3) is 0.333. The van der Waals surface area contributed by atoms with Crippen LogP contribution in [0.1, 0.15) is 17.3 Å². The molecular weight excluding hydrogens is 309 g/mol. The van der Waals surface area contributed by atoms with Crippen LogP contribution in [0.2, 0.25) is 0 Å². The van der Waals surface area contributed by atoms with Gasteiger partial charge in [0.25, 0.3) is 5.91 Å². The lowest BCUT2D eigenvalue weighted by Gasteiger charge is -2.32. The van der Waals surface area contributed by atoms with Gasteiger partial charge in [-0.25, -0.2) is 0 Å². The standard InChI is InChI=1S/C15H17N3O.2ClH/c1-11-10-18(8-7-16-11)15(19)13-4-5-14-12(9-13)3-2-6-17-14;;/h2-6,9,11,16H,7-8,10H2,1H3;2*1H/t11-;;/m1../s1. The summed E-state index contributed by atoms with van der Waals surface area (Å²) in [6, 6.07) is 9.94. The summed E-state index contributed by atoms with van der Waals surface area (Å²) in [5.74, 6) is 0.110. The van der Waals surface area contributed by atoms with Gasteiger partial charge in [-0.05, 0) is 31.2 Å². The van der Waals surface area contributed by atoms with Gasteiger partial charge in [-0.2, -0.15) is 0 Å². The summed E-state index contributed by atoms with van der Waals surface area (Å²) in [4.78, 5) is 18.7. The van der Waals surface area contributed by atoms with E-state index >= 15 is 0 Å². The van der Waals surface area contributed by atoms with Crippen LogP contribution in [0.5, 0.6) is 0 Å². The summed E-state index contributed by atoms with van der Waals surface area (Å²) in [6.45, 7) is 4.50. The van der Waals surface area contributed by atoms with Crippen LogP contribution in [-0.4, -0.2) is 41.5 Å². The molecule has 2 heterocycles. The van der Waals surface area contributed by atoms with E-state index in [1.54, 1.807) is 6.20 Å². The lowest BCUT2D eigenvalue weighted by molar-refractivity contribution is 0.0709. The second kappa shape index (κ2) is 7.59. The molecule has 0 radical (unpaired) electrons. The lowest BCUT2D eigenvalue weighted by atomic mass is 10.1. The molecular formula is C15H19Cl2N3O. The first kappa shape index (κ1) is 17.7. The maximum Gasteiger partial charge on any atom is 0.253 e. The van der Waals surface area contributed by atoms with E-state index in [2.05, 4.69) is 17.2 Å². The van der Waals surface area contributed by atoms with Gasteiger partial charge in [0.05, 0.1) is 5.52 Å². The number of halogens is 2. The molecule has 1 N–H and O–H groups in total. The minimum absolute atomic E-state index is 0. The summed E-state index contributed by atoms with van der Waals surface area (Å²) in [5, 5.41) is 4.35. The number of benzene rings is 1. The second-order valence-electron chi connectivity index (χ2n) is 5.02. The van der Waals surface area contributed by atoms with Gasteiger partial charge in [-0.15, -0.1) is 24.8 Å². The zero-order valence-corrected chi connectivity index (χ0v) is 13.4. The molecule has 1 amide bonds. The van der Waals surface area contributed by atoms with Gasteiger partial charge in [-0.1, -0.05) is 6.07 Å². The first-order chi connectivity index (χ1) is 9.24. The van der Waals surface area contributed by atoms with Gasteiger partial charge >= 0.3 is 0 Å². The summed E-state index contributed by atoms with van der Waals surface area (Å²) >= 11 is 0. The van der Waals surface area contributed by atoms with Gasteiger partial charge < -0.3 is 10.2 Å². The molecule has 3 rings (SSSR count). The number of nitrogens with zero attached hydrogens (tertiary/aromatic N) is 2. The Kier molecular flexibility index (Phi) is 6.40. The molecule has 1 aromatic carbocycles. The fourth-order valence-electron chi connectivity index (χ4n) is 2.51. The van der Waals surface area contributed by atoms with Crippen LogP contribution in [0.4, 0.5) is 0 Å². The number of piperazine rings is 1. The SMILES string of the molecule is C[C@@H]1CN(C(=O)c2ccc3ncccc3c2)CCN1.Cl.Cl. The summed E-state index contributed by atoms with van der Waals surface area (Å²) in [7, 11) is 0. The average molecular weight is 328 g/mol. The third-order valence-electron chi connectivity index (χ3n) is 3.51. The summed E-state index contributed by atoms with van der Waals surface area (Å²) in [6.07, 6.45) is 1.77. The Labute approximate surface area is 136 Å². The predicted octanol–water partition coefficient (Wildman–Crippen LogP) is 2.51. The Bertz CT molecular complexity index is 621. The quantitative estimate of drug-likeness (QED) is 0.875. The Hall–Kier alpha value is -1.36. The molecule has 0 aliphatic carbocycles. The number of hydrogen-bond acceptors (Lipinski definition) is 3. The van der Waals surface area contributed by atoms with Crippen LogP contribution in [0, 0.1) is 0 Å². The molecule has 0 spiro atoms. The van der Waals surface area contributed by atoms with Gasteiger partial charge in [0.1, 0.15) is 0 Å². The molecule has 4 nitrogen and oxygen atoms in total. The molecule has 0 unspecified atom stereocenters.